The van der Waals surface area contributed by atoms with Crippen LogP contribution in [0.1, 0.15) is 0 Å². The molecule has 1 aromatic rings. The minimum absolute atomic E-state index is 1.53. The van der Waals surface area contributed by atoms with E-state index in [1.165, 1.54) is 6.20 Å². The van der Waals surface area contributed by atoms with Gasteiger partial charge >= 0.3 is 0 Å². The van der Waals surface area contributed by atoms with Gasteiger partial charge in [0.05, 0.1) is 6.20 Å². The lowest BCUT2D eigenvalue weighted by Gasteiger charge is -1.69. The van der Waals surface area contributed by atoms with Crippen molar-refractivity contribution in [1.82, 2.24) is 15.2 Å². The predicted octanol–water partition coefficient (Wildman–Crippen LogP) is 0.996. The van der Waals surface area contributed by atoms with Crippen molar-refractivity contribution in [2.24, 2.45) is 0 Å². The van der Waals surface area contributed by atoms with Crippen LogP contribution >= 0.6 is 0 Å². The Bertz CT molecular complexity index is 148. The molecule has 3 nitrogen and oxygen atoms in total. The fraction of sp³-hybridized carbons (Fsp3) is 0. The van der Waals surface area contributed by atoms with Gasteiger partial charge in [0, 0.05) is 18.6 Å². The van der Waals surface area contributed by atoms with E-state index in [-0.39, 0.29) is 0 Å². The van der Waals surface area contributed by atoms with Gasteiger partial charge in [-0.25, -0.2) is 0 Å². The maximum Gasteiger partial charge on any atom is 0.0678 e. The highest BCUT2D eigenvalue weighted by Crippen LogP contribution is 1.70. The van der Waals surface area contributed by atoms with Gasteiger partial charge in [0.1, 0.15) is 0 Å². The summed E-state index contributed by atoms with van der Waals surface area (Å²) in [6.45, 7) is 0. The minimum Gasteiger partial charge on any atom is -0.263 e. The quantitative estimate of drug-likeness (QED) is 0.529. The summed E-state index contributed by atoms with van der Waals surface area (Å²) in [6, 6.07) is 5.44. The fourth-order valence-corrected chi connectivity index (χ4v) is 0.447. The molecule has 1 rings (SSSR count). The molecule has 0 unspecified atom stereocenters. The molecule has 0 aromatic carbocycles. The second-order valence-electron chi connectivity index (χ2n) is 1.55. The molecule has 0 bridgehead atoms. The summed E-state index contributed by atoms with van der Waals surface area (Å²) in [5.74, 6) is 0. The van der Waals surface area contributed by atoms with Gasteiger partial charge in [-0.15, -0.1) is 0 Å². The third kappa shape index (κ3) is 2.71. The number of aromatic nitrogens is 3. The number of nitrogens with zero attached hydrogens (tertiary/aromatic N) is 3. The topological polar surface area (TPSA) is 38.7 Å². The zero-order chi connectivity index (χ0) is 7.07. The molecule has 0 radical (unpaired) electrons. The number of hydrogen-bond acceptors (Lipinski definition) is 3. The standard InChI is InChI=1S/C7H7N3/c1-2-4-8-6-7-10-9-5-3-1/h1-7H. The molecule has 0 amide bonds. The molecule has 10 heavy (non-hydrogen) atoms. The monoisotopic (exact) mass is 133 g/mol. The lowest BCUT2D eigenvalue weighted by molar-refractivity contribution is 1.04. The summed E-state index contributed by atoms with van der Waals surface area (Å²) in [7, 11) is 0. The summed E-state index contributed by atoms with van der Waals surface area (Å²) in [5, 5.41) is 7.31. The van der Waals surface area contributed by atoms with Crippen molar-refractivity contribution in [3.63, 3.8) is 0 Å². The van der Waals surface area contributed by atoms with Crippen LogP contribution in [0.4, 0.5) is 0 Å². The zero-order valence-electron chi connectivity index (χ0n) is 5.38. The molecule has 0 saturated heterocycles. The molecule has 0 spiro atoms. The molecule has 0 aliphatic heterocycles. The Morgan fingerprint density at radius 2 is 1.40 bits per heavy atom. The normalized spacial score (nSPS) is 8.00. The van der Waals surface area contributed by atoms with Gasteiger partial charge in [0.2, 0.25) is 0 Å². The van der Waals surface area contributed by atoms with Crippen molar-refractivity contribution in [2.45, 2.75) is 0 Å². The second-order valence-corrected chi connectivity index (χ2v) is 1.55. The van der Waals surface area contributed by atoms with Crippen LogP contribution in [0.2, 0.25) is 0 Å². The molecule has 3 heteroatoms. The second kappa shape index (κ2) is 4.38. The Hall–Kier alpha value is -1.51. The molecule has 0 aliphatic rings. The molecule has 0 N–H and O–H groups in total. The summed E-state index contributed by atoms with van der Waals surface area (Å²) < 4.78 is 0. The van der Waals surface area contributed by atoms with E-state index in [0.29, 0.717) is 0 Å². The molecule has 50 valence electrons. The first kappa shape index (κ1) is 6.61. The summed E-state index contributed by atoms with van der Waals surface area (Å²) in [5.41, 5.74) is 0. The van der Waals surface area contributed by atoms with E-state index >= 15 is 0 Å². The van der Waals surface area contributed by atoms with Crippen molar-refractivity contribution < 1.29 is 0 Å². The molecular weight excluding hydrogens is 126 g/mol. The molecule has 0 fully saturated rings. The van der Waals surface area contributed by atoms with Crippen LogP contribution in [0.3, 0.4) is 0 Å². The Morgan fingerprint density at radius 3 is 2.40 bits per heavy atom. The van der Waals surface area contributed by atoms with Gasteiger partial charge in [-0.3, -0.25) is 4.98 Å². The fourth-order valence-electron chi connectivity index (χ4n) is 0.447. The first-order valence-electron chi connectivity index (χ1n) is 2.90. The average Bonchev–Trinajstić information content (AvgIpc) is 2.01. The van der Waals surface area contributed by atoms with Crippen molar-refractivity contribution in [2.75, 3.05) is 0 Å². The van der Waals surface area contributed by atoms with Gasteiger partial charge in [-0.2, -0.15) is 10.2 Å². The van der Waals surface area contributed by atoms with Crippen LogP contribution < -0.4 is 0 Å². The predicted molar refractivity (Wildman–Crippen MR) is 37.5 cm³/mol. The minimum atomic E-state index is 1.53. The van der Waals surface area contributed by atoms with Gasteiger partial charge in [0.25, 0.3) is 0 Å². The van der Waals surface area contributed by atoms with Crippen LogP contribution in [0.5, 0.6) is 0 Å². The van der Waals surface area contributed by atoms with E-state index in [1.807, 2.05) is 12.1 Å². The van der Waals surface area contributed by atoms with Gasteiger partial charge in [-0.05, 0) is 12.1 Å². The number of hydrogen-bond donors (Lipinski definition) is 0. The van der Waals surface area contributed by atoms with E-state index in [9.17, 15) is 0 Å². The van der Waals surface area contributed by atoms with Crippen molar-refractivity contribution >= 4 is 0 Å². The van der Waals surface area contributed by atoms with Crippen LogP contribution in [0.25, 0.3) is 0 Å². The van der Waals surface area contributed by atoms with Crippen LogP contribution in [0.15, 0.2) is 43.0 Å². The molecular formula is C7H7N3. The molecule has 0 aliphatic carbocycles. The van der Waals surface area contributed by atoms with E-state index < -0.39 is 0 Å². The van der Waals surface area contributed by atoms with E-state index in [2.05, 4.69) is 15.2 Å². The van der Waals surface area contributed by atoms with Gasteiger partial charge < -0.3 is 0 Å². The highest BCUT2D eigenvalue weighted by molar-refractivity contribution is 4.84. The average molecular weight is 133 g/mol. The first-order chi connectivity index (χ1) is 5.00. The van der Waals surface area contributed by atoms with Crippen molar-refractivity contribution in [3.05, 3.63) is 43.0 Å². The smallest absolute Gasteiger partial charge is 0.0678 e. The molecule has 0 saturated carbocycles. The Morgan fingerprint density at radius 1 is 0.600 bits per heavy atom. The van der Waals surface area contributed by atoms with Crippen LogP contribution in [0, 0.1) is 0 Å². The Kier molecular flexibility index (Phi) is 2.89. The summed E-state index contributed by atoms with van der Waals surface area (Å²) in [4.78, 5) is 3.85. The Balaban J connectivity index is 3.00. The largest absolute Gasteiger partial charge is 0.263 e. The van der Waals surface area contributed by atoms with Crippen LogP contribution in [-0.2, 0) is 0 Å². The van der Waals surface area contributed by atoms with E-state index in [4.69, 9.17) is 0 Å². The highest BCUT2D eigenvalue weighted by Gasteiger charge is 1.59. The van der Waals surface area contributed by atoms with Gasteiger partial charge in [0.15, 0.2) is 0 Å². The third-order valence-corrected chi connectivity index (χ3v) is 0.833. The maximum atomic E-state index is 3.85. The van der Waals surface area contributed by atoms with Gasteiger partial charge in [-0.1, -0.05) is 6.07 Å². The lowest BCUT2D eigenvalue weighted by atomic mass is 10.6. The Labute approximate surface area is 59.1 Å². The molecule has 1 aromatic heterocycles. The summed E-state index contributed by atoms with van der Waals surface area (Å²) in [6.07, 6.45) is 6.40. The molecule has 1 heterocycles. The van der Waals surface area contributed by atoms with Crippen molar-refractivity contribution in [1.29, 1.82) is 0 Å². The maximum absolute atomic E-state index is 3.85. The van der Waals surface area contributed by atoms with E-state index in [1.54, 1.807) is 24.7 Å². The first-order valence-corrected chi connectivity index (χ1v) is 2.90. The van der Waals surface area contributed by atoms with Crippen molar-refractivity contribution in [3.8, 4) is 0 Å². The third-order valence-electron chi connectivity index (χ3n) is 0.833. The highest BCUT2D eigenvalue weighted by atomic mass is 15.1. The molecule has 0 atom stereocenters. The lowest BCUT2D eigenvalue weighted by Crippen LogP contribution is -1.68. The zero-order valence-corrected chi connectivity index (χ0v) is 5.38. The summed E-state index contributed by atoms with van der Waals surface area (Å²) >= 11 is 0. The van der Waals surface area contributed by atoms with Crippen LogP contribution in [-0.4, -0.2) is 15.2 Å². The SMILES string of the molecule is c1ccnccnncc1. The number of rotatable bonds is 0. The van der Waals surface area contributed by atoms with E-state index in [0.717, 1.165) is 0 Å².